The molecule has 2 aromatic carbocycles. The highest BCUT2D eigenvalue weighted by molar-refractivity contribution is 6.34. The molecule has 2 saturated heterocycles. The first kappa shape index (κ1) is 23.3. The van der Waals surface area contributed by atoms with Crippen LogP contribution in [0.5, 0.6) is 5.75 Å². The summed E-state index contributed by atoms with van der Waals surface area (Å²) in [6, 6.07) is 8.10. The maximum atomic E-state index is 15.2. The van der Waals surface area contributed by atoms with Crippen LogP contribution in [0.4, 0.5) is 25.1 Å². The van der Waals surface area contributed by atoms with E-state index in [1.54, 1.807) is 25.4 Å². The van der Waals surface area contributed by atoms with Gasteiger partial charge >= 0.3 is 6.03 Å². The second-order valence-corrected chi connectivity index (χ2v) is 9.04. The minimum Gasteiger partial charge on any atom is -0.507 e. The highest BCUT2D eigenvalue weighted by atomic mass is 35.5. The quantitative estimate of drug-likeness (QED) is 0.559. The maximum absolute atomic E-state index is 15.2. The number of aromatic nitrogens is 1. The Kier molecular flexibility index (Phi) is 6.21. The molecule has 182 valence electrons. The van der Waals surface area contributed by atoms with Gasteiger partial charge in [-0.25, -0.2) is 18.6 Å². The van der Waals surface area contributed by atoms with E-state index < -0.39 is 11.6 Å². The van der Waals surface area contributed by atoms with Crippen LogP contribution in [0.15, 0.2) is 42.6 Å². The predicted molar refractivity (Wildman–Crippen MR) is 132 cm³/mol. The zero-order chi connectivity index (χ0) is 24.7. The molecule has 0 bridgehead atoms. The summed E-state index contributed by atoms with van der Waals surface area (Å²) in [5, 5.41) is 14.4. The van der Waals surface area contributed by atoms with Crippen LogP contribution < -0.4 is 15.1 Å². The van der Waals surface area contributed by atoms with E-state index in [9.17, 15) is 14.3 Å². The molecule has 2 amide bonds. The van der Waals surface area contributed by atoms with E-state index in [0.29, 0.717) is 18.7 Å². The lowest BCUT2D eigenvalue weighted by Gasteiger charge is -2.28. The Balaban J connectivity index is 1.54. The summed E-state index contributed by atoms with van der Waals surface area (Å²) >= 11 is 6.39. The van der Waals surface area contributed by atoms with Crippen molar-refractivity contribution >= 4 is 29.1 Å². The molecule has 3 heterocycles. The van der Waals surface area contributed by atoms with Crippen LogP contribution in [0, 0.1) is 11.6 Å². The summed E-state index contributed by atoms with van der Waals surface area (Å²) in [4.78, 5) is 21.6. The number of rotatable bonds is 4. The number of likely N-dealkylation sites (N-methyl/N-ethyl adjacent to an activating group) is 1. The Labute approximate surface area is 206 Å². The number of phenols is 1. The van der Waals surface area contributed by atoms with E-state index in [1.807, 2.05) is 0 Å². The summed E-state index contributed by atoms with van der Waals surface area (Å²) in [5.74, 6) is -0.798. The summed E-state index contributed by atoms with van der Waals surface area (Å²) in [6.07, 6.45) is 1.62. The first-order valence-corrected chi connectivity index (χ1v) is 11.7. The maximum Gasteiger partial charge on any atom is 0.324 e. The molecule has 1 aromatic heterocycles. The van der Waals surface area contributed by atoms with Crippen LogP contribution in [0.2, 0.25) is 5.02 Å². The summed E-state index contributed by atoms with van der Waals surface area (Å²) in [6.45, 7) is 4.00. The van der Waals surface area contributed by atoms with E-state index in [4.69, 9.17) is 11.6 Å². The molecule has 2 aliphatic heterocycles. The van der Waals surface area contributed by atoms with Crippen LogP contribution >= 0.6 is 11.6 Å². The number of hydrogen-bond acceptors (Lipinski definition) is 5. The zero-order valence-corrected chi connectivity index (χ0v) is 19.8. The van der Waals surface area contributed by atoms with Gasteiger partial charge in [0.25, 0.3) is 0 Å². The first-order chi connectivity index (χ1) is 16.8. The number of hydrogen-bond donors (Lipinski definition) is 2. The van der Waals surface area contributed by atoms with Gasteiger partial charge in [-0.15, -0.1) is 0 Å². The lowest BCUT2D eigenvalue weighted by molar-refractivity contribution is 0.229. The molecule has 7 nitrogen and oxygen atoms in total. The molecule has 0 atom stereocenters. The van der Waals surface area contributed by atoms with Crippen LogP contribution in [-0.4, -0.2) is 67.3 Å². The molecule has 0 unspecified atom stereocenters. The van der Waals surface area contributed by atoms with Crippen molar-refractivity contribution in [2.24, 2.45) is 0 Å². The largest absolute Gasteiger partial charge is 0.507 e. The van der Waals surface area contributed by atoms with Crippen molar-refractivity contribution in [2.75, 3.05) is 56.1 Å². The average molecular weight is 500 g/mol. The van der Waals surface area contributed by atoms with Gasteiger partial charge in [0.1, 0.15) is 23.2 Å². The van der Waals surface area contributed by atoms with Crippen molar-refractivity contribution in [3.05, 3.63) is 59.3 Å². The van der Waals surface area contributed by atoms with E-state index in [2.05, 4.69) is 15.2 Å². The highest BCUT2D eigenvalue weighted by Crippen LogP contribution is 2.42. The molecule has 0 aliphatic carbocycles. The monoisotopic (exact) mass is 499 g/mol. The van der Waals surface area contributed by atoms with Gasteiger partial charge in [-0.2, -0.15) is 0 Å². The fourth-order valence-corrected chi connectivity index (χ4v) is 4.84. The number of carbonyl (C=O) groups excluding carboxylic acids is 1. The minimum absolute atomic E-state index is 0.00114. The first-order valence-electron chi connectivity index (χ1n) is 11.3. The van der Waals surface area contributed by atoms with Crippen molar-refractivity contribution in [2.45, 2.75) is 0 Å². The van der Waals surface area contributed by atoms with Gasteiger partial charge in [-0.1, -0.05) is 11.6 Å². The molecule has 35 heavy (non-hydrogen) atoms. The Morgan fingerprint density at radius 2 is 1.71 bits per heavy atom. The average Bonchev–Trinajstić information content (AvgIpc) is 3.18. The van der Waals surface area contributed by atoms with Crippen molar-refractivity contribution in [3.8, 4) is 28.0 Å². The number of phenolic OH excluding ortho intramolecular Hbond substituents is 1. The normalized spacial score (nSPS) is 16.3. The van der Waals surface area contributed by atoms with E-state index >= 15 is 4.39 Å². The fraction of sp³-hybridized carbons (Fsp3) is 0.280. The third-order valence-electron chi connectivity index (χ3n) is 6.39. The number of urea groups is 1. The number of anilines is 2. The molecule has 5 rings (SSSR count). The number of nitrogens with zero attached hydrogens (tertiary/aromatic N) is 4. The van der Waals surface area contributed by atoms with Crippen LogP contribution in [0.25, 0.3) is 22.3 Å². The summed E-state index contributed by atoms with van der Waals surface area (Å²) < 4.78 is 29.9. The highest BCUT2D eigenvalue weighted by Gasteiger charge is 2.31. The van der Waals surface area contributed by atoms with Gasteiger partial charge in [-0.05, 0) is 47.5 Å². The lowest BCUT2D eigenvalue weighted by atomic mass is 9.97. The third-order valence-corrected chi connectivity index (χ3v) is 6.67. The molecule has 2 fully saturated rings. The molecular weight excluding hydrogens is 476 g/mol. The van der Waals surface area contributed by atoms with Crippen LogP contribution in [0.3, 0.4) is 0 Å². The van der Waals surface area contributed by atoms with Crippen LogP contribution in [0.1, 0.15) is 0 Å². The van der Waals surface area contributed by atoms with Crippen molar-refractivity contribution in [3.63, 3.8) is 0 Å². The number of carbonyl (C=O) groups is 1. The molecule has 10 heteroatoms. The topological polar surface area (TPSA) is 71.9 Å². The number of benzene rings is 2. The van der Waals surface area contributed by atoms with Gasteiger partial charge in [-0.3, -0.25) is 4.90 Å². The van der Waals surface area contributed by atoms with Gasteiger partial charge in [0.15, 0.2) is 0 Å². The van der Waals surface area contributed by atoms with Crippen molar-refractivity contribution < 1.29 is 18.7 Å². The number of piperazine rings is 1. The standard InChI is InChI=1S/C25H24ClF2N5O2/c1-31-8-9-33(25(31)35)23-20(26)10-16(11-21(23)28)19-14-17(27)13-18(24(19)34)15-2-3-30-22(12-15)32-6-4-29-5-7-32/h2-3,10-14,29,34H,4-9H2,1H3. The predicted octanol–water partition coefficient (Wildman–Crippen LogP) is 4.33. The smallest absolute Gasteiger partial charge is 0.324 e. The molecule has 2 aliphatic rings. The second kappa shape index (κ2) is 9.31. The third kappa shape index (κ3) is 4.37. The molecule has 2 N–H and O–H groups in total. The molecule has 0 spiro atoms. The molecule has 0 radical (unpaired) electrons. The molecule has 3 aromatic rings. The number of nitrogens with one attached hydrogen (secondary N) is 1. The Bertz CT molecular complexity index is 1280. The Morgan fingerprint density at radius 1 is 1.00 bits per heavy atom. The SMILES string of the molecule is CN1CCN(c2c(F)cc(-c3cc(F)cc(-c4ccnc(N5CCNCC5)c4)c3O)cc2Cl)C1=O. The molecular formula is C25H24ClF2N5O2. The number of pyridine rings is 1. The second-order valence-electron chi connectivity index (χ2n) is 8.63. The lowest BCUT2D eigenvalue weighted by Crippen LogP contribution is -2.43. The van der Waals surface area contributed by atoms with E-state index in [-0.39, 0.29) is 39.2 Å². The van der Waals surface area contributed by atoms with Gasteiger partial charge < -0.3 is 20.2 Å². The van der Waals surface area contributed by atoms with Crippen molar-refractivity contribution in [1.82, 2.24) is 15.2 Å². The fourth-order valence-electron chi connectivity index (χ4n) is 4.53. The van der Waals surface area contributed by atoms with E-state index in [0.717, 1.165) is 44.1 Å². The van der Waals surface area contributed by atoms with Gasteiger partial charge in [0.2, 0.25) is 0 Å². The summed E-state index contributed by atoms with van der Waals surface area (Å²) in [5.41, 5.74) is 1.11. The summed E-state index contributed by atoms with van der Waals surface area (Å²) in [7, 11) is 1.63. The Morgan fingerprint density at radius 3 is 2.37 bits per heavy atom. The van der Waals surface area contributed by atoms with Crippen molar-refractivity contribution in [1.29, 1.82) is 0 Å². The number of halogens is 3. The number of aromatic hydroxyl groups is 1. The van der Waals surface area contributed by atoms with Crippen LogP contribution in [-0.2, 0) is 0 Å². The number of amides is 2. The van der Waals surface area contributed by atoms with Gasteiger partial charge in [0.05, 0.1) is 10.7 Å². The van der Waals surface area contributed by atoms with E-state index in [1.165, 1.54) is 21.9 Å². The Hall–Kier alpha value is -3.43. The van der Waals surface area contributed by atoms with Gasteiger partial charge in [0, 0.05) is 63.6 Å². The minimum atomic E-state index is -0.730. The molecule has 0 saturated carbocycles. The zero-order valence-electron chi connectivity index (χ0n) is 19.1.